The number of rotatable bonds is 14. The monoisotopic (exact) mass is 668 g/mol. The summed E-state index contributed by atoms with van der Waals surface area (Å²) >= 11 is 0. The maximum absolute atomic E-state index is 11.5. The van der Waals surface area contributed by atoms with Crippen LogP contribution >= 0.6 is 0 Å². The molecule has 1 aromatic carbocycles. The summed E-state index contributed by atoms with van der Waals surface area (Å²) in [6, 6.07) is 3.97. The molecule has 155 valence electrons. The zero-order valence-electron chi connectivity index (χ0n) is 17.4. The number of nitro groups is 1. The maximum atomic E-state index is 11.5. The van der Waals surface area contributed by atoms with Crippen LogP contribution in [0.2, 0.25) is 6.04 Å². The molecule has 0 atom stereocenters. The third-order valence-corrected chi connectivity index (χ3v) is 8.06. The summed E-state index contributed by atoms with van der Waals surface area (Å²) in [5, 5.41) is 11.5. The van der Waals surface area contributed by atoms with Gasteiger partial charge in [0.05, 0.1) is 0 Å². The number of nitrogens with zero attached hydrogens (tertiary/aromatic N) is 2. The molecule has 0 fully saturated rings. The minimum Gasteiger partial charge on any atom is -0.377 e. The van der Waals surface area contributed by atoms with Gasteiger partial charge >= 0.3 is 126 Å². The summed E-state index contributed by atoms with van der Waals surface area (Å²) in [7, 11) is 6.62. The van der Waals surface area contributed by atoms with Gasteiger partial charge in [-0.15, -0.1) is 0 Å². The first-order chi connectivity index (χ1) is 13.3. The van der Waals surface area contributed by atoms with Crippen LogP contribution in [0.25, 0.3) is 0 Å². The minimum absolute atomic E-state index is 0.0220. The second-order valence-electron chi connectivity index (χ2n) is 6.25. The molecule has 0 saturated carbocycles. The molecule has 11 heteroatoms. The largest absolute Gasteiger partial charge is 0.377 e. The molecule has 0 aromatic heterocycles. The van der Waals surface area contributed by atoms with Gasteiger partial charge in [0.1, 0.15) is 0 Å². The van der Waals surface area contributed by atoms with Crippen LogP contribution in [0.3, 0.4) is 0 Å². The van der Waals surface area contributed by atoms with Gasteiger partial charge in [-0.2, -0.15) is 0 Å². The van der Waals surface area contributed by atoms with Crippen molar-refractivity contribution in [2.75, 3.05) is 54.0 Å². The van der Waals surface area contributed by atoms with Crippen LogP contribution in [0.15, 0.2) is 12.1 Å². The van der Waals surface area contributed by atoms with Gasteiger partial charge in [-0.3, -0.25) is 0 Å². The van der Waals surface area contributed by atoms with Gasteiger partial charge in [0.2, 0.25) is 0 Å². The summed E-state index contributed by atoms with van der Waals surface area (Å²) in [5.41, 5.74) is 1.37. The van der Waals surface area contributed by atoms with Gasteiger partial charge in [-0.1, -0.05) is 0 Å². The summed E-state index contributed by atoms with van der Waals surface area (Å²) in [5.74, 6) is 0.541. The molecule has 0 bridgehead atoms. The van der Waals surface area contributed by atoms with E-state index in [0.717, 1.165) is 18.5 Å². The Kier molecular flexibility index (Phi) is 9.32. The summed E-state index contributed by atoms with van der Waals surface area (Å²) < 4.78 is 27.8. The second kappa shape index (κ2) is 11.2. The van der Waals surface area contributed by atoms with Crippen LogP contribution in [0, 0.1) is 10.1 Å². The minimum atomic E-state index is -2.56. The van der Waals surface area contributed by atoms with E-state index in [-0.39, 0.29) is 17.2 Å². The fourth-order valence-electron chi connectivity index (χ4n) is 2.75. The standard InChI is InChI=1S/C17H29N2O7Si.Rf/c1-18(2)16-11-14(15(19(20)21)12-17(16)22-3)13-26-9-7-8-10-27(23-4,24-5)25-6;/h11-12H,3,7-10,13H2,1-2,4-6H3;. The van der Waals surface area contributed by atoms with Crippen molar-refractivity contribution in [3.05, 3.63) is 27.8 Å². The first-order valence-electron chi connectivity index (χ1n) is 8.98. The average Bonchev–Trinajstić information content (AvgIpc) is 2.68. The number of unbranched alkanes of at least 4 members (excludes halogenated alkanes) is 1. The van der Waals surface area contributed by atoms with Crippen molar-refractivity contribution >= 4 is 20.2 Å². The molecule has 1 aromatic rings. The second-order valence-corrected chi connectivity index (χ2v) is 11.2. The Bertz CT molecular complexity index is 622. The Balaban J connectivity index is 2.70. The Morgan fingerprint density at radius 1 is 1.14 bits per heavy atom. The predicted molar refractivity (Wildman–Crippen MR) is 103 cm³/mol. The van der Waals surface area contributed by atoms with E-state index in [2.05, 4.69) is 0 Å². The predicted octanol–water partition coefficient (Wildman–Crippen LogP) is 2.72. The van der Waals surface area contributed by atoms with Crippen LogP contribution in [-0.2, 0) is 24.6 Å². The molecule has 0 heterocycles. The number of nitro benzene ring substituents is 1. The molecule has 28 heavy (non-hydrogen) atoms. The quantitative estimate of drug-likeness (QED) is 0.130. The summed E-state index contributed by atoms with van der Waals surface area (Å²) in [6.45, 7) is 0.655. The fourth-order valence-corrected chi connectivity index (χ4v) is 5.54. The number of hydrogen-bond donors (Lipinski definition) is 0. The van der Waals surface area contributed by atoms with Gasteiger partial charge in [0, 0.05) is 21.3 Å². The smallest absolute Gasteiger partial charge is 0.0272 e. The van der Waals surface area contributed by atoms with E-state index in [0.29, 0.717) is 31.1 Å². The van der Waals surface area contributed by atoms with E-state index in [1.165, 1.54) is 6.07 Å². The normalized spacial score (nSPS) is 11.5. The van der Waals surface area contributed by atoms with E-state index in [9.17, 15) is 10.1 Å². The Morgan fingerprint density at radius 3 is 2.29 bits per heavy atom. The van der Waals surface area contributed by atoms with Gasteiger partial charge in [-0.25, -0.2) is 0 Å². The van der Waals surface area contributed by atoms with Gasteiger partial charge in [-0.05, 0) is 0 Å². The van der Waals surface area contributed by atoms with E-state index < -0.39 is 8.80 Å². The number of ether oxygens (including phenoxy) is 2. The molecule has 0 unspecified atom stereocenters. The third-order valence-electron chi connectivity index (χ3n) is 4.31. The SMILES string of the molecule is CO[Si](CCCCOCc1cc(N(C)C)c(O[CH2][Rf])cc1[N+](=O)[O-])(OC)OC. The van der Waals surface area contributed by atoms with E-state index in [1.54, 1.807) is 27.4 Å². The number of anilines is 1. The average molecular weight is 669 g/mol. The maximum Gasteiger partial charge on any atom is 0.0272 e. The van der Waals surface area contributed by atoms with Crippen molar-refractivity contribution in [2.24, 2.45) is 0 Å². The molecular weight excluding hydrogens is 639 g/mol. The molecule has 0 amide bonds. The first kappa shape index (κ1) is 23.3. The van der Waals surface area contributed by atoms with Crippen molar-refractivity contribution in [1.29, 1.82) is 0 Å². The van der Waals surface area contributed by atoms with Gasteiger partial charge in [0.25, 0.3) is 0 Å². The Labute approximate surface area is 161 Å². The van der Waals surface area contributed by atoms with Gasteiger partial charge in [0.15, 0.2) is 0 Å². The third kappa shape index (κ3) is 6.17. The molecular formula is C17H29N2O7RfSi. The number of benzene rings is 1. The van der Waals surface area contributed by atoms with Crippen LogP contribution in [-0.4, -0.2) is 62.9 Å². The number of hydrogen-bond acceptors (Lipinski definition) is 8. The van der Waals surface area contributed by atoms with Crippen molar-refractivity contribution in [3.8, 4) is 5.75 Å². The summed E-state index contributed by atoms with van der Waals surface area (Å²) in [4.78, 5) is 13.0. The molecule has 0 spiro atoms. The molecule has 0 saturated heterocycles. The van der Waals surface area contributed by atoms with Gasteiger partial charge < -0.3 is 13.3 Å². The van der Waals surface area contributed by atoms with Crippen LogP contribution in [0.4, 0.5) is 11.4 Å². The molecule has 0 aliphatic rings. The Morgan fingerprint density at radius 2 is 1.79 bits per heavy atom. The van der Waals surface area contributed by atoms with Crippen LogP contribution < -0.4 is 9.64 Å². The molecule has 0 N–H and O–H groups in total. The first-order valence-corrected chi connectivity index (χ1v) is 15.4. The zero-order valence-corrected chi connectivity index (χ0v) is 24.8. The fraction of sp³-hybridized carbons (Fsp3) is 0.647. The molecule has 0 aliphatic heterocycles. The Hall–Kier alpha value is -2.72. The van der Waals surface area contributed by atoms with Crippen molar-refractivity contribution in [3.63, 3.8) is 0 Å². The van der Waals surface area contributed by atoms with E-state index in [4.69, 9.17) is 22.8 Å². The van der Waals surface area contributed by atoms with Crippen molar-refractivity contribution < 1.29 is 27.7 Å². The topological polar surface area (TPSA) is 92.5 Å². The van der Waals surface area contributed by atoms with Crippen LogP contribution in [0.5, 0.6) is 5.75 Å². The van der Waals surface area contributed by atoms with Crippen molar-refractivity contribution in [1.82, 2.24) is 0 Å². The van der Waals surface area contributed by atoms with E-state index in [1.807, 2.05) is 19.0 Å². The molecule has 0 aliphatic carbocycles. The van der Waals surface area contributed by atoms with Crippen LogP contribution in [0.1, 0.15) is 18.4 Å². The summed E-state index contributed by atoms with van der Waals surface area (Å²) in [6.07, 6.45) is 1.60. The zero-order chi connectivity index (χ0) is 21.2. The van der Waals surface area contributed by atoms with E-state index >= 15 is 0 Å². The molecule has 9 nitrogen and oxygen atoms in total. The van der Waals surface area contributed by atoms with Crippen molar-refractivity contribution in [2.45, 2.75) is 25.5 Å². The molecule has 0 radical (unpaired) electrons. The molecule has 1 rings (SSSR count).